The number of amides is 1. The maximum absolute atomic E-state index is 13.1. The van der Waals surface area contributed by atoms with Crippen molar-refractivity contribution in [3.05, 3.63) is 41.5 Å². The lowest BCUT2D eigenvalue weighted by Crippen LogP contribution is -2.42. The third kappa shape index (κ3) is 4.82. The zero-order valence-electron chi connectivity index (χ0n) is 14.1. The second kappa shape index (κ2) is 8.32. The summed E-state index contributed by atoms with van der Waals surface area (Å²) in [6.07, 6.45) is 0.849. The first-order valence-corrected chi connectivity index (χ1v) is 7.91. The van der Waals surface area contributed by atoms with E-state index in [1.807, 2.05) is 6.92 Å². The lowest BCUT2D eigenvalue weighted by atomic mass is 10.0. The van der Waals surface area contributed by atoms with Crippen LogP contribution in [-0.2, 0) is 16.0 Å². The highest BCUT2D eigenvalue weighted by Crippen LogP contribution is 2.18. The molecule has 0 saturated heterocycles. The lowest BCUT2D eigenvalue weighted by Gasteiger charge is -2.26. The van der Waals surface area contributed by atoms with Gasteiger partial charge in [-0.15, -0.1) is 5.10 Å². The van der Waals surface area contributed by atoms with Crippen molar-refractivity contribution in [2.75, 3.05) is 13.1 Å². The highest BCUT2D eigenvalue weighted by atomic mass is 19.1. The third-order valence-electron chi connectivity index (χ3n) is 3.71. The minimum Gasteiger partial charge on any atom is -0.480 e. The highest BCUT2D eigenvalue weighted by Gasteiger charge is 2.29. The Balaban J connectivity index is 2.32. The van der Waals surface area contributed by atoms with Gasteiger partial charge in [-0.3, -0.25) is 9.59 Å². The molecule has 0 radical (unpaired) electrons. The molecule has 134 valence electrons. The summed E-state index contributed by atoms with van der Waals surface area (Å²) in [5.41, 5.74) is 0.724. The first kappa shape index (κ1) is 18.5. The number of hydrogen-bond acceptors (Lipinski definition) is 5. The monoisotopic (exact) mass is 349 g/mol. The number of nitrogens with zero attached hydrogens (tertiary/aromatic N) is 5. The van der Waals surface area contributed by atoms with Gasteiger partial charge in [-0.2, -0.15) is 0 Å². The molecule has 1 N–H and O–H groups in total. The summed E-state index contributed by atoms with van der Waals surface area (Å²) >= 11 is 0. The Morgan fingerprint density at radius 3 is 2.52 bits per heavy atom. The number of carboxylic acids is 1. The van der Waals surface area contributed by atoms with E-state index in [2.05, 4.69) is 15.5 Å². The smallest absolute Gasteiger partial charge is 0.323 e. The van der Waals surface area contributed by atoms with E-state index >= 15 is 0 Å². The summed E-state index contributed by atoms with van der Waals surface area (Å²) in [5, 5.41) is 20.3. The summed E-state index contributed by atoms with van der Waals surface area (Å²) in [4.78, 5) is 25.3. The molecule has 1 aromatic heterocycles. The van der Waals surface area contributed by atoms with Crippen LogP contribution >= 0.6 is 0 Å². The molecule has 0 fully saturated rings. The van der Waals surface area contributed by atoms with Gasteiger partial charge in [0.2, 0.25) is 5.91 Å². The number of rotatable bonds is 8. The Bertz CT molecular complexity index is 732. The molecule has 0 aliphatic carbocycles. The topological polar surface area (TPSA) is 101 Å². The molecule has 0 bridgehead atoms. The zero-order valence-corrected chi connectivity index (χ0v) is 14.1. The number of halogens is 1. The van der Waals surface area contributed by atoms with Crippen LogP contribution in [0.25, 0.3) is 0 Å². The molecule has 2 rings (SSSR count). The van der Waals surface area contributed by atoms with Crippen LogP contribution in [0.1, 0.15) is 30.8 Å². The van der Waals surface area contributed by atoms with E-state index in [9.17, 15) is 14.0 Å². The van der Waals surface area contributed by atoms with Crippen molar-refractivity contribution in [1.82, 2.24) is 25.1 Å². The van der Waals surface area contributed by atoms with Crippen molar-refractivity contribution in [2.24, 2.45) is 0 Å². The zero-order chi connectivity index (χ0) is 18.4. The normalized spacial score (nSPS) is 12.0. The molecule has 1 unspecified atom stereocenters. The Hall–Kier alpha value is -2.84. The first-order valence-electron chi connectivity index (χ1n) is 7.91. The quantitative estimate of drug-likeness (QED) is 0.769. The van der Waals surface area contributed by atoms with Crippen molar-refractivity contribution < 1.29 is 19.1 Å². The molecule has 1 heterocycles. The molecule has 1 atom stereocenters. The van der Waals surface area contributed by atoms with Gasteiger partial charge in [-0.25, -0.2) is 9.07 Å². The number of carbonyl (C=O) groups excluding carboxylic acids is 1. The number of carboxylic acid groups (broad SMARTS) is 1. The minimum absolute atomic E-state index is 0.227. The Kier molecular flexibility index (Phi) is 6.15. The average Bonchev–Trinajstić information content (AvgIpc) is 2.99. The fraction of sp³-hybridized carbons (Fsp3) is 0.438. The van der Waals surface area contributed by atoms with Gasteiger partial charge < -0.3 is 10.0 Å². The Morgan fingerprint density at radius 2 is 2.00 bits per heavy atom. The van der Waals surface area contributed by atoms with Crippen molar-refractivity contribution in [3.63, 3.8) is 0 Å². The van der Waals surface area contributed by atoms with Gasteiger partial charge in [0, 0.05) is 13.0 Å². The molecular formula is C16H20FN5O3. The molecule has 1 aromatic carbocycles. The fourth-order valence-corrected chi connectivity index (χ4v) is 2.56. The largest absolute Gasteiger partial charge is 0.480 e. The van der Waals surface area contributed by atoms with Gasteiger partial charge in [0.15, 0.2) is 0 Å². The van der Waals surface area contributed by atoms with E-state index < -0.39 is 18.6 Å². The number of benzene rings is 1. The van der Waals surface area contributed by atoms with Crippen LogP contribution in [-0.4, -0.2) is 55.2 Å². The van der Waals surface area contributed by atoms with Gasteiger partial charge >= 0.3 is 5.97 Å². The maximum Gasteiger partial charge on any atom is 0.323 e. The predicted molar refractivity (Wildman–Crippen MR) is 86.2 cm³/mol. The molecular weight excluding hydrogens is 329 g/mol. The van der Waals surface area contributed by atoms with Crippen LogP contribution in [0.3, 0.4) is 0 Å². The molecule has 0 aliphatic rings. The predicted octanol–water partition coefficient (Wildman–Crippen LogP) is 1.23. The fourth-order valence-electron chi connectivity index (χ4n) is 2.56. The van der Waals surface area contributed by atoms with E-state index in [1.54, 1.807) is 19.1 Å². The maximum atomic E-state index is 13.1. The van der Waals surface area contributed by atoms with Gasteiger partial charge in [0.1, 0.15) is 24.2 Å². The van der Waals surface area contributed by atoms with Crippen LogP contribution < -0.4 is 0 Å². The summed E-state index contributed by atoms with van der Waals surface area (Å²) in [6, 6.07) is 4.98. The summed E-state index contributed by atoms with van der Waals surface area (Å²) < 4.78 is 14.5. The minimum atomic E-state index is -1.09. The van der Waals surface area contributed by atoms with E-state index in [1.165, 1.54) is 21.7 Å². The second-order valence-electron chi connectivity index (χ2n) is 5.67. The SMILES string of the molecule is CCCN(CC(=O)O)C(=O)C(Cc1ccc(F)cc1)n1nnnc1C. The lowest BCUT2D eigenvalue weighted by molar-refractivity contribution is -0.146. The molecule has 0 spiro atoms. The standard InChI is InChI=1S/C16H20FN5O3/c1-3-8-21(10-15(23)24)16(25)14(22-11(2)18-19-20-22)9-12-4-6-13(17)7-5-12/h4-7,14H,3,8-10H2,1-2H3,(H,23,24). The van der Waals surface area contributed by atoms with Gasteiger partial charge in [-0.05, 0) is 41.5 Å². The van der Waals surface area contributed by atoms with E-state index in [-0.39, 0.29) is 18.1 Å². The van der Waals surface area contributed by atoms with Crippen LogP contribution in [0.2, 0.25) is 0 Å². The van der Waals surface area contributed by atoms with Crippen molar-refractivity contribution in [1.29, 1.82) is 0 Å². The summed E-state index contributed by atoms with van der Waals surface area (Å²) in [7, 11) is 0. The molecule has 0 aliphatic heterocycles. The van der Waals surface area contributed by atoms with E-state index in [0.717, 1.165) is 5.56 Å². The van der Waals surface area contributed by atoms with Crippen LogP contribution in [0.4, 0.5) is 4.39 Å². The molecule has 0 saturated carbocycles. The number of aromatic nitrogens is 4. The first-order chi connectivity index (χ1) is 11.9. The van der Waals surface area contributed by atoms with Gasteiger partial charge in [0.25, 0.3) is 0 Å². The Morgan fingerprint density at radius 1 is 1.32 bits per heavy atom. The molecule has 8 nitrogen and oxygen atoms in total. The molecule has 25 heavy (non-hydrogen) atoms. The van der Waals surface area contributed by atoms with Crippen LogP contribution in [0.15, 0.2) is 24.3 Å². The number of hydrogen-bond donors (Lipinski definition) is 1. The van der Waals surface area contributed by atoms with E-state index in [4.69, 9.17) is 5.11 Å². The molecule has 1 amide bonds. The molecule has 2 aromatic rings. The molecule has 9 heteroatoms. The number of aryl methyl sites for hydroxylation is 1. The van der Waals surface area contributed by atoms with Crippen molar-refractivity contribution >= 4 is 11.9 Å². The second-order valence-corrected chi connectivity index (χ2v) is 5.67. The number of aliphatic carboxylic acids is 1. The van der Waals surface area contributed by atoms with Crippen LogP contribution in [0, 0.1) is 12.7 Å². The van der Waals surface area contributed by atoms with E-state index in [0.29, 0.717) is 18.8 Å². The van der Waals surface area contributed by atoms with Crippen LogP contribution in [0.5, 0.6) is 0 Å². The van der Waals surface area contributed by atoms with Gasteiger partial charge in [-0.1, -0.05) is 19.1 Å². The van der Waals surface area contributed by atoms with Crippen molar-refractivity contribution in [2.45, 2.75) is 32.7 Å². The number of carbonyl (C=O) groups is 2. The number of tetrazole rings is 1. The highest BCUT2D eigenvalue weighted by molar-refractivity contribution is 5.84. The van der Waals surface area contributed by atoms with Gasteiger partial charge in [0.05, 0.1) is 0 Å². The third-order valence-corrected chi connectivity index (χ3v) is 3.71. The summed E-state index contributed by atoms with van der Waals surface area (Å²) in [6.45, 7) is 3.44. The summed E-state index contributed by atoms with van der Waals surface area (Å²) in [5.74, 6) is -1.41. The Labute approximate surface area is 144 Å². The average molecular weight is 349 g/mol. The van der Waals surface area contributed by atoms with Crippen molar-refractivity contribution in [3.8, 4) is 0 Å².